The molecule has 3 unspecified atom stereocenters. The lowest BCUT2D eigenvalue weighted by Crippen LogP contribution is -2.41. The fourth-order valence-electron chi connectivity index (χ4n) is 2.84. The average Bonchev–Trinajstić information content (AvgIpc) is 3.05. The van der Waals surface area contributed by atoms with Crippen LogP contribution >= 0.6 is 0 Å². The maximum absolute atomic E-state index is 6.30. The molecule has 2 heterocycles. The minimum absolute atomic E-state index is 0.175. The average molecular weight is 295 g/mol. The van der Waals surface area contributed by atoms with Crippen molar-refractivity contribution in [2.45, 2.75) is 69.6 Å². The van der Waals surface area contributed by atoms with Crippen molar-refractivity contribution in [2.75, 3.05) is 13.2 Å². The van der Waals surface area contributed by atoms with E-state index in [1.54, 1.807) is 0 Å². The molecule has 0 bridgehead atoms. The van der Waals surface area contributed by atoms with Crippen molar-refractivity contribution in [3.63, 3.8) is 0 Å². The molecule has 1 aliphatic carbocycles. The Balaban J connectivity index is 1.65. The van der Waals surface area contributed by atoms with Gasteiger partial charge >= 0.3 is 0 Å². The minimum atomic E-state index is -0.710. The molecule has 0 radical (unpaired) electrons. The third-order valence-electron chi connectivity index (χ3n) is 4.55. The van der Waals surface area contributed by atoms with E-state index >= 15 is 0 Å². The van der Waals surface area contributed by atoms with Crippen LogP contribution in [0.25, 0.3) is 0 Å². The molecule has 0 amide bonds. The van der Waals surface area contributed by atoms with Crippen LogP contribution in [0.5, 0.6) is 0 Å². The molecule has 6 nitrogen and oxygen atoms in total. The maximum Gasteiger partial charge on any atom is 0.232 e. The Bertz CT molecular complexity index is 470. The van der Waals surface area contributed by atoms with Gasteiger partial charge in [-0.05, 0) is 39.0 Å². The Hall–Kier alpha value is -0.980. The quantitative estimate of drug-likeness (QED) is 0.865. The molecule has 3 atom stereocenters. The van der Waals surface area contributed by atoms with E-state index in [1.165, 1.54) is 6.42 Å². The lowest BCUT2D eigenvalue weighted by molar-refractivity contribution is -0.0222. The Morgan fingerprint density at radius 1 is 1.38 bits per heavy atom. The molecule has 3 rings (SSSR count). The van der Waals surface area contributed by atoms with Gasteiger partial charge in [-0.25, -0.2) is 0 Å². The van der Waals surface area contributed by atoms with E-state index in [0.29, 0.717) is 24.4 Å². The molecule has 1 aromatic heterocycles. The highest BCUT2D eigenvalue weighted by atomic mass is 16.5. The van der Waals surface area contributed by atoms with Gasteiger partial charge in [0.25, 0.3) is 0 Å². The van der Waals surface area contributed by atoms with Gasteiger partial charge in [-0.15, -0.1) is 0 Å². The predicted octanol–water partition coefficient (Wildman–Crippen LogP) is 2.10. The number of rotatable bonds is 6. The third kappa shape index (κ3) is 3.12. The SMILES string of the molecule is CCC1OCCC1c1nc(C(C)(N)COC2CCC2)no1. The van der Waals surface area contributed by atoms with Crippen molar-refractivity contribution in [1.82, 2.24) is 10.1 Å². The van der Waals surface area contributed by atoms with E-state index in [-0.39, 0.29) is 12.0 Å². The van der Waals surface area contributed by atoms with Gasteiger partial charge in [0.05, 0.1) is 24.7 Å². The lowest BCUT2D eigenvalue weighted by atomic mass is 9.95. The minimum Gasteiger partial charge on any atom is -0.377 e. The van der Waals surface area contributed by atoms with Crippen molar-refractivity contribution in [3.05, 3.63) is 11.7 Å². The van der Waals surface area contributed by atoms with Gasteiger partial charge in [0.15, 0.2) is 5.82 Å². The summed E-state index contributed by atoms with van der Waals surface area (Å²) in [4.78, 5) is 4.52. The fourth-order valence-corrected chi connectivity index (χ4v) is 2.84. The number of ether oxygens (including phenoxy) is 2. The molecule has 1 saturated heterocycles. The van der Waals surface area contributed by atoms with Gasteiger partial charge in [0.1, 0.15) is 5.54 Å². The van der Waals surface area contributed by atoms with Crippen LogP contribution in [-0.4, -0.2) is 35.6 Å². The second-order valence-corrected chi connectivity index (χ2v) is 6.45. The molecule has 1 saturated carbocycles. The molecule has 2 fully saturated rings. The van der Waals surface area contributed by atoms with Crippen LogP contribution in [0.4, 0.5) is 0 Å². The largest absolute Gasteiger partial charge is 0.377 e. The molecule has 6 heteroatoms. The highest BCUT2D eigenvalue weighted by molar-refractivity contribution is 5.06. The molecule has 2 N–H and O–H groups in total. The first-order valence-electron chi connectivity index (χ1n) is 7.96. The number of hydrogen-bond donors (Lipinski definition) is 1. The lowest BCUT2D eigenvalue weighted by Gasteiger charge is -2.29. The molecule has 0 spiro atoms. The number of nitrogens with two attached hydrogens (primary N) is 1. The van der Waals surface area contributed by atoms with Crippen molar-refractivity contribution in [3.8, 4) is 0 Å². The monoisotopic (exact) mass is 295 g/mol. The van der Waals surface area contributed by atoms with E-state index < -0.39 is 5.54 Å². The Kier molecular flexibility index (Phi) is 4.28. The van der Waals surface area contributed by atoms with Crippen LogP contribution in [0, 0.1) is 0 Å². The van der Waals surface area contributed by atoms with E-state index in [1.807, 2.05) is 6.92 Å². The van der Waals surface area contributed by atoms with E-state index in [2.05, 4.69) is 17.1 Å². The molecule has 1 aromatic rings. The van der Waals surface area contributed by atoms with Crippen molar-refractivity contribution < 1.29 is 14.0 Å². The first kappa shape index (κ1) is 14.9. The molecule has 118 valence electrons. The summed E-state index contributed by atoms with van der Waals surface area (Å²) in [5.74, 6) is 1.37. The highest BCUT2D eigenvalue weighted by Crippen LogP contribution is 2.33. The summed E-state index contributed by atoms with van der Waals surface area (Å²) in [6.07, 6.45) is 5.92. The topological polar surface area (TPSA) is 83.4 Å². The molecule has 2 aliphatic rings. The smallest absolute Gasteiger partial charge is 0.232 e. The third-order valence-corrected chi connectivity index (χ3v) is 4.55. The van der Waals surface area contributed by atoms with Crippen molar-refractivity contribution in [2.24, 2.45) is 5.73 Å². The maximum atomic E-state index is 6.30. The summed E-state index contributed by atoms with van der Waals surface area (Å²) in [5, 5.41) is 4.08. The molecule has 21 heavy (non-hydrogen) atoms. The Morgan fingerprint density at radius 2 is 2.19 bits per heavy atom. The van der Waals surface area contributed by atoms with Gasteiger partial charge in [0.2, 0.25) is 5.89 Å². The highest BCUT2D eigenvalue weighted by Gasteiger charge is 2.36. The fraction of sp³-hybridized carbons (Fsp3) is 0.867. The van der Waals surface area contributed by atoms with Gasteiger partial charge in [-0.2, -0.15) is 4.98 Å². The number of aromatic nitrogens is 2. The van der Waals surface area contributed by atoms with Gasteiger partial charge < -0.3 is 19.7 Å². The number of nitrogens with zero attached hydrogens (tertiary/aromatic N) is 2. The molecular weight excluding hydrogens is 270 g/mol. The zero-order chi connectivity index (χ0) is 14.9. The number of hydrogen-bond acceptors (Lipinski definition) is 6. The first-order valence-corrected chi connectivity index (χ1v) is 7.96. The Morgan fingerprint density at radius 3 is 2.86 bits per heavy atom. The normalized spacial score (nSPS) is 29.3. The zero-order valence-corrected chi connectivity index (χ0v) is 12.9. The summed E-state index contributed by atoms with van der Waals surface area (Å²) in [6.45, 7) is 5.18. The van der Waals surface area contributed by atoms with E-state index in [4.69, 9.17) is 19.7 Å². The summed E-state index contributed by atoms with van der Waals surface area (Å²) < 4.78 is 16.9. The predicted molar refractivity (Wildman–Crippen MR) is 76.8 cm³/mol. The van der Waals surface area contributed by atoms with Crippen LogP contribution in [0.1, 0.15) is 63.6 Å². The molecule has 1 aliphatic heterocycles. The van der Waals surface area contributed by atoms with Crippen LogP contribution in [0.2, 0.25) is 0 Å². The van der Waals surface area contributed by atoms with Crippen LogP contribution in [-0.2, 0) is 15.0 Å². The van der Waals surface area contributed by atoms with Crippen LogP contribution in [0.3, 0.4) is 0 Å². The van der Waals surface area contributed by atoms with Gasteiger partial charge in [0, 0.05) is 6.61 Å². The summed E-state index contributed by atoms with van der Waals surface area (Å²) in [6, 6.07) is 0. The Labute approximate surface area is 125 Å². The zero-order valence-electron chi connectivity index (χ0n) is 12.9. The first-order chi connectivity index (χ1) is 10.1. The van der Waals surface area contributed by atoms with Crippen LogP contribution in [0.15, 0.2) is 4.52 Å². The standard InChI is InChI=1S/C15H25N3O3/c1-3-12-11(7-8-19-12)13-17-14(18-21-13)15(2,16)9-20-10-5-4-6-10/h10-12H,3-9,16H2,1-2H3. The van der Waals surface area contributed by atoms with Crippen molar-refractivity contribution >= 4 is 0 Å². The summed E-state index contributed by atoms with van der Waals surface area (Å²) in [7, 11) is 0. The second-order valence-electron chi connectivity index (χ2n) is 6.45. The van der Waals surface area contributed by atoms with Crippen LogP contribution < -0.4 is 5.73 Å². The molecular formula is C15H25N3O3. The second kappa shape index (κ2) is 6.02. The van der Waals surface area contributed by atoms with Gasteiger partial charge in [-0.1, -0.05) is 12.1 Å². The van der Waals surface area contributed by atoms with Gasteiger partial charge in [-0.3, -0.25) is 0 Å². The van der Waals surface area contributed by atoms with E-state index in [9.17, 15) is 0 Å². The van der Waals surface area contributed by atoms with E-state index in [0.717, 1.165) is 32.3 Å². The summed E-state index contributed by atoms with van der Waals surface area (Å²) in [5.41, 5.74) is 5.59. The van der Waals surface area contributed by atoms with Crippen molar-refractivity contribution in [1.29, 1.82) is 0 Å². The molecule has 0 aromatic carbocycles. The summed E-state index contributed by atoms with van der Waals surface area (Å²) >= 11 is 0.